The first-order valence-corrected chi connectivity index (χ1v) is 8.80. The third kappa shape index (κ3) is 2.56. The minimum absolute atomic E-state index is 0.0541. The van der Waals surface area contributed by atoms with Gasteiger partial charge in [0.15, 0.2) is 0 Å². The number of hydrogen-bond acceptors (Lipinski definition) is 1. The second kappa shape index (κ2) is 6.03. The molecule has 1 aromatic rings. The van der Waals surface area contributed by atoms with E-state index in [4.69, 9.17) is 0 Å². The van der Waals surface area contributed by atoms with Gasteiger partial charge in [0, 0.05) is 5.41 Å². The third-order valence-corrected chi connectivity index (χ3v) is 6.37. The van der Waals surface area contributed by atoms with Crippen LogP contribution in [0.5, 0.6) is 0 Å². The van der Waals surface area contributed by atoms with Crippen LogP contribution in [-0.4, -0.2) is 0 Å². The minimum Gasteiger partial charge on any atom is -0.207 e. The molecule has 0 saturated heterocycles. The summed E-state index contributed by atoms with van der Waals surface area (Å²) in [4.78, 5) is 0. The van der Waals surface area contributed by atoms with Crippen molar-refractivity contribution in [3.8, 4) is 6.07 Å². The largest absolute Gasteiger partial charge is 0.207 e. The molecule has 3 aliphatic carbocycles. The molecule has 0 aliphatic heterocycles. The number of halogens is 1. The lowest BCUT2D eigenvalue weighted by Crippen LogP contribution is -2.50. The Bertz CT molecular complexity index is 563. The number of nitrogens with zero attached hydrogens (tertiary/aromatic N) is 1. The minimum atomic E-state index is -0.172. The van der Waals surface area contributed by atoms with E-state index < -0.39 is 0 Å². The lowest BCUT2D eigenvalue weighted by Gasteiger charge is -2.56. The molecule has 2 heteroatoms. The Morgan fingerprint density at radius 1 is 1.23 bits per heavy atom. The van der Waals surface area contributed by atoms with Crippen molar-refractivity contribution < 1.29 is 4.39 Å². The van der Waals surface area contributed by atoms with E-state index in [1.807, 2.05) is 6.07 Å². The highest BCUT2D eigenvalue weighted by molar-refractivity contribution is 5.32. The van der Waals surface area contributed by atoms with Crippen LogP contribution < -0.4 is 0 Å². The summed E-state index contributed by atoms with van der Waals surface area (Å²) >= 11 is 0. The summed E-state index contributed by atoms with van der Waals surface area (Å²) in [5.41, 5.74) is 1.36. The normalized spacial score (nSPS) is 33.6. The van der Waals surface area contributed by atoms with Crippen LogP contribution in [0.2, 0.25) is 0 Å². The molecule has 22 heavy (non-hydrogen) atoms. The van der Waals surface area contributed by atoms with Crippen molar-refractivity contribution in [3.05, 3.63) is 35.6 Å². The van der Waals surface area contributed by atoms with Crippen molar-refractivity contribution in [1.82, 2.24) is 0 Å². The fourth-order valence-corrected chi connectivity index (χ4v) is 4.97. The lowest BCUT2D eigenvalue weighted by molar-refractivity contribution is -0.000351. The monoisotopic (exact) mass is 299 g/mol. The van der Waals surface area contributed by atoms with Crippen LogP contribution in [0.4, 0.5) is 4.39 Å². The Kier molecular flexibility index (Phi) is 4.26. The van der Waals surface area contributed by atoms with Gasteiger partial charge in [-0.2, -0.15) is 5.26 Å². The second-order valence-electron chi connectivity index (χ2n) is 7.51. The molecule has 0 amide bonds. The van der Waals surface area contributed by atoms with Gasteiger partial charge in [-0.15, -0.1) is 0 Å². The first kappa shape index (κ1) is 15.5. The van der Waals surface area contributed by atoms with Crippen molar-refractivity contribution in [2.24, 2.45) is 11.3 Å². The van der Waals surface area contributed by atoms with Crippen LogP contribution in [0.3, 0.4) is 0 Å². The zero-order valence-electron chi connectivity index (χ0n) is 13.6. The summed E-state index contributed by atoms with van der Waals surface area (Å²) in [7, 11) is 0. The predicted octanol–water partition coefficient (Wildman–Crippen LogP) is 5.75. The molecule has 0 heterocycles. The fraction of sp³-hybridized carbons (Fsp3) is 0.650. The van der Waals surface area contributed by atoms with Gasteiger partial charge in [0.05, 0.1) is 12.0 Å². The number of unbranched alkanes of at least 4 members (excludes halogenated alkanes) is 2. The number of hydrogen-bond donors (Lipinski definition) is 0. The van der Waals surface area contributed by atoms with Gasteiger partial charge in [-0.3, -0.25) is 0 Å². The Morgan fingerprint density at radius 2 is 2.00 bits per heavy atom. The Balaban J connectivity index is 1.84. The van der Waals surface area contributed by atoms with E-state index >= 15 is 0 Å². The zero-order valence-corrected chi connectivity index (χ0v) is 13.6. The van der Waals surface area contributed by atoms with Gasteiger partial charge in [0.1, 0.15) is 5.82 Å². The van der Waals surface area contributed by atoms with E-state index in [1.165, 1.54) is 44.6 Å². The lowest BCUT2D eigenvalue weighted by atomic mass is 9.47. The summed E-state index contributed by atoms with van der Waals surface area (Å²) in [6, 6.07) is 9.58. The smallest absolute Gasteiger partial charge is 0.123 e. The van der Waals surface area contributed by atoms with Crippen molar-refractivity contribution in [1.29, 1.82) is 5.26 Å². The molecular formula is C20H26FN. The number of rotatable bonds is 5. The highest BCUT2D eigenvalue weighted by Crippen LogP contribution is 2.62. The molecule has 1 unspecified atom stereocenters. The SMILES string of the molecule is CCCCCC12CCC(c3cccc(F)c3)(CC1)C(C#N)C2. The summed E-state index contributed by atoms with van der Waals surface area (Å²) in [5, 5.41) is 9.75. The maximum atomic E-state index is 13.7. The molecule has 1 nitrogen and oxygen atoms in total. The van der Waals surface area contributed by atoms with E-state index in [0.717, 1.165) is 24.8 Å². The van der Waals surface area contributed by atoms with Crippen molar-refractivity contribution in [3.63, 3.8) is 0 Å². The van der Waals surface area contributed by atoms with Crippen LogP contribution in [0.1, 0.15) is 70.3 Å². The molecule has 0 radical (unpaired) electrons. The zero-order chi connectivity index (χ0) is 15.6. The molecule has 4 rings (SSSR count). The number of fused-ring (bicyclic) bond motifs is 3. The Hall–Kier alpha value is -1.36. The summed E-state index contributed by atoms with van der Waals surface area (Å²) in [5.74, 6) is -0.118. The standard InChI is InChI=1S/C20H26FN/c1-2-3-4-8-19-9-11-20(12-10-19,17(14-19)15-22)16-6-5-7-18(21)13-16/h5-7,13,17H,2-4,8-12,14H2,1H3. The predicted molar refractivity (Wildman–Crippen MR) is 86.8 cm³/mol. The maximum Gasteiger partial charge on any atom is 0.123 e. The highest BCUT2D eigenvalue weighted by atomic mass is 19.1. The Labute approximate surface area is 133 Å². The molecular weight excluding hydrogens is 273 g/mol. The van der Waals surface area contributed by atoms with E-state index in [9.17, 15) is 9.65 Å². The topological polar surface area (TPSA) is 23.8 Å². The molecule has 118 valence electrons. The van der Waals surface area contributed by atoms with E-state index in [-0.39, 0.29) is 17.2 Å². The van der Waals surface area contributed by atoms with Crippen molar-refractivity contribution in [2.45, 2.75) is 70.1 Å². The molecule has 1 aromatic carbocycles. The highest BCUT2D eigenvalue weighted by Gasteiger charge is 2.54. The van der Waals surface area contributed by atoms with Gasteiger partial charge in [-0.1, -0.05) is 38.3 Å². The fourth-order valence-electron chi connectivity index (χ4n) is 4.97. The van der Waals surface area contributed by atoms with Gasteiger partial charge in [0.25, 0.3) is 0 Å². The van der Waals surface area contributed by atoms with Crippen LogP contribution in [-0.2, 0) is 5.41 Å². The second-order valence-corrected chi connectivity index (χ2v) is 7.51. The van der Waals surface area contributed by atoms with Gasteiger partial charge in [-0.25, -0.2) is 4.39 Å². The molecule has 0 spiro atoms. The van der Waals surface area contributed by atoms with E-state index in [1.54, 1.807) is 12.1 Å². The van der Waals surface area contributed by atoms with Crippen LogP contribution in [0.15, 0.2) is 24.3 Å². The molecule has 0 aromatic heterocycles. The number of nitriles is 1. The summed E-state index contributed by atoms with van der Waals surface area (Å²) < 4.78 is 13.7. The van der Waals surface area contributed by atoms with Crippen molar-refractivity contribution >= 4 is 0 Å². The Morgan fingerprint density at radius 3 is 2.64 bits per heavy atom. The first-order chi connectivity index (χ1) is 10.6. The van der Waals surface area contributed by atoms with Gasteiger partial charge in [-0.05, 0) is 61.6 Å². The van der Waals surface area contributed by atoms with Crippen LogP contribution in [0.25, 0.3) is 0 Å². The first-order valence-electron chi connectivity index (χ1n) is 8.80. The maximum absolute atomic E-state index is 13.7. The van der Waals surface area contributed by atoms with Gasteiger partial charge in [0.2, 0.25) is 0 Å². The van der Waals surface area contributed by atoms with Crippen LogP contribution in [0, 0.1) is 28.5 Å². The van der Waals surface area contributed by atoms with Crippen molar-refractivity contribution in [2.75, 3.05) is 0 Å². The summed E-state index contributed by atoms with van der Waals surface area (Å²) in [6.07, 6.45) is 10.7. The van der Waals surface area contributed by atoms with Gasteiger partial charge < -0.3 is 0 Å². The third-order valence-electron chi connectivity index (χ3n) is 6.37. The molecule has 3 aliphatic rings. The van der Waals surface area contributed by atoms with E-state index in [2.05, 4.69) is 13.0 Å². The molecule has 3 saturated carbocycles. The van der Waals surface area contributed by atoms with Gasteiger partial charge >= 0.3 is 0 Å². The quantitative estimate of drug-likeness (QED) is 0.635. The van der Waals surface area contributed by atoms with Crippen LogP contribution >= 0.6 is 0 Å². The molecule has 3 fully saturated rings. The number of benzene rings is 1. The van der Waals surface area contributed by atoms with E-state index in [0.29, 0.717) is 5.41 Å². The average Bonchev–Trinajstić information content (AvgIpc) is 2.56. The molecule has 0 N–H and O–H groups in total. The summed E-state index contributed by atoms with van der Waals surface area (Å²) in [6.45, 7) is 2.24. The average molecular weight is 299 g/mol. The molecule has 2 bridgehead atoms. The molecule has 1 atom stereocenters.